The molecule has 3 aromatic rings. The third-order valence-corrected chi connectivity index (χ3v) is 3.35. The summed E-state index contributed by atoms with van der Waals surface area (Å²) in [4.78, 5) is 0. The summed E-state index contributed by atoms with van der Waals surface area (Å²) in [5, 5.41) is 5.41. The van der Waals surface area contributed by atoms with Gasteiger partial charge in [0.05, 0.1) is 0 Å². The van der Waals surface area contributed by atoms with Crippen LogP contribution in [0.2, 0.25) is 0 Å². The Kier molecular flexibility index (Phi) is 2.56. The number of aryl methyl sites for hydroxylation is 1. The fourth-order valence-electron chi connectivity index (χ4n) is 2.49. The highest BCUT2D eigenvalue weighted by Crippen LogP contribution is 2.26. The Morgan fingerprint density at radius 2 is 1.47 bits per heavy atom. The third-order valence-electron chi connectivity index (χ3n) is 3.35. The summed E-state index contributed by atoms with van der Waals surface area (Å²) in [6, 6.07) is 19.9. The van der Waals surface area contributed by atoms with E-state index in [1.807, 2.05) is 0 Å². The normalized spacial score (nSPS) is 11.1. The molecule has 17 heavy (non-hydrogen) atoms. The molecule has 84 valence electrons. The first kappa shape index (κ1) is 10.3. The fourth-order valence-corrected chi connectivity index (χ4v) is 2.49. The monoisotopic (exact) mass is 220 g/mol. The van der Waals surface area contributed by atoms with Crippen molar-refractivity contribution in [2.24, 2.45) is 0 Å². The molecule has 0 aliphatic heterocycles. The van der Waals surface area contributed by atoms with Crippen molar-refractivity contribution in [3.63, 3.8) is 0 Å². The van der Waals surface area contributed by atoms with Gasteiger partial charge in [-0.25, -0.2) is 0 Å². The number of fused-ring (bicyclic) bond motifs is 3. The maximum absolute atomic E-state index is 2.35. The zero-order valence-electron chi connectivity index (χ0n) is 10.1. The van der Waals surface area contributed by atoms with E-state index in [4.69, 9.17) is 0 Å². The summed E-state index contributed by atoms with van der Waals surface area (Å²) in [7, 11) is 0. The van der Waals surface area contributed by atoms with Crippen LogP contribution in [0.5, 0.6) is 0 Å². The summed E-state index contributed by atoms with van der Waals surface area (Å²) in [6.07, 6.45) is 2.37. The Morgan fingerprint density at radius 3 is 2.29 bits per heavy atom. The lowest BCUT2D eigenvalue weighted by Crippen LogP contribution is -1.84. The molecule has 0 radical (unpaired) electrons. The predicted molar refractivity (Wildman–Crippen MR) is 75.4 cm³/mol. The second kappa shape index (κ2) is 4.21. The number of benzene rings is 3. The van der Waals surface area contributed by atoms with Gasteiger partial charge in [-0.2, -0.15) is 0 Å². The topological polar surface area (TPSA) is 0 Å². The van der Waals surface area contributed by atoms with E-state index in [9.17, 15) is 0 Å². The molecule has 0 unspecified atom stereocenters. The molecule has 0 spiro atoms. The van der Waals surface area contributed by atoms with E-state index in [1.54, 1.807) is 0 Å². The van der Waals surface area contributed by atoms with Crippen molar-refractivity contribution in [3.8, 4) is 0 Å². The minimum absolute atomic E-state index is 1.17. The van der Waals surface area contributed by atoms with Crippen LogP contribution in [-0.2, 0) is 6.42 Å². The fraction of sp³-hybridized carbons (Fsp3) is 0.176. The molecule has 0 nitrogen and oxygen atoms in total. The molecule has 0 N–H and O–H groups in total. The maximum atomic E-state index is 2.35. The molecule has 0 saturated heterocycles. The average Bonchev–Trinajstić information content (AvgIpc) is 2.39. The van der Waals surface area contributed by atoms with Gasteiger partial charge in [0, 0.05) is 0 Å². The maximum Gasteiger partial charge on any atom is -0.0103 e. The van der Waals surface area contributed by atoms with Crippen molar-refractivity contribution in [2.45, 2.75) is 19.8 Å². The summed E-state index contributed by atoms with van der Waals surface area (Å²) in [6.45, 7) is 2.23. The van der Waals surface area contributed by atoms with Crippen molar-refractivity contribution in [3.05, 3.63) is 60.2 Å². The van der Waals surface area contributed by atoms with Crippen molar-refractivity contribution < 1.29 is 0 Å². The zero-order chi connectivity index (χ0) is 11.7. The van der Waals surface area contributed by atoms with E-state index in [1.165, 1.54) is 39.9 Å². The van der Waals surface area contributed by atoms with Crippen LogP contribution in [0.4, 0.5) is 0 Å². The van der Waals surface area contributed by atoms with E-state index in [0.29, 0.717) is 0 Å². The highest BCUT2D eigenvalue weighted by Gasteiger charge is 2.00. The van der Waals surface area contributed by atoms with Crippen LogP contribution in [0.15, 0.2) is 54.6 Å². The van der Waals surface area contributed by atoms with Crippen molar-refractivity contribution in [1.82, 2.24) is 0 Å². The molecule has 0 amide bonds. The van der Waals surface area contributed by atoms with Crippen molar-refractivity contribution >= 4 is 21.5 Å². The molecule has 0 heteroatoms. The van der Waals surface area contributed by atoms with Crippen LogP contribution in [-0.4, -0.2) is 0 Å². The Bertz CT molecular complexity index is 665. The molecule has 0 bridgehead atoms. The third kappa shape index (κ3) is 1.80. The molecule has 0 aliphatic rings. The molecule has 0 heterocycles. The van der Waals surface area contributed by atoms with Gasteiger partial charge in [-0.3, -0.25) is 0 Å². The van der Waals surface area contributed by atoms with Crippen LogP contribution < -0.4 is 0 Å². The van der Waals surface area contributed by atoms with Gasteiger partial charge in [0.1, 0.15) is 0 Å². The van der Waals surface area contributed by atoms with Gasteiger partial charge in [-0.05, 0) is 33.5 Å². The van der Waals surface area contributed by atoms with E-state index >= 15 is 0 Å². The van der Waals surface area contributed by atoms with E-state index in [-0.39, 0.29) is 0 Å². The van der Waals surface area contributed by atoms with Gasteiger partial charge >= 0.3 is 0 Å². The average molecular weight is 220 g/mol. The summed E-state index contributed by atoms with van der Waals surface area (Å²) < 4.78 is 0. The van der Waals surface area contributed by atoms with Gasteiger partial charge in [0.2, 0.25) is 0 Å². The minimum Gasteiger partial charge on any atom is -0.0651 e. The standard InChI is InChI=1S/C17H16/c1-2-5-13-8-9-15-11-10-14-6-3-4-7-16(14)17(15)12-13/h3-4,6-12H,2,5H2,1H3. The van der Waals surface area contributed by atoms with Crippen LogP contribution in [0.25, 0.3) is 21.5 Å². The molecule has 0 aromatic heterocycles. The highest BCUT2D eigenvalue weighted by molar-refractivity contribution is 6.07. The SMILES string of the molecule is CCCc1ccc2ccc3ccccc3c2c1. The smallest absolute Gasteiger partial charge is 0.0103 e. The lowest BCUT2D eigenvalue weighted by atomic mass is 9.99. The van der Waals surface area contributed by atoms with Gasteiger partial charge in [-0.1, -0.05) is 67.9 Å². The Hall–Kier alpha value is -1.82. The predicted octanol–water partition coefficient (Wildman–Crippen LogP) is 4.95. The lowest BCUT2D eigenvalue weighted by molar-refractivity contribution is 0.924. The molecule has 3 rings (SSSR count). The second-order valence-electron chi connectivity index (χ2n) is 4.59. The zero-order valence-corrected chi connectivity index (χ0v) is 10.1. The number of hydrogen-bond donors (Lipinski definition) is 0. The van der Waals surface area contributed by atoms with Crippen LogP contribution in [0.1, 0.15) is 18.9 Å². The molecule has 0 fully saturated rings. The molecular formula is C17H16. The second-order valence-corrected chi connectivity index (χ2v) is 4.59. The molecule has 0 saturated carbocycles. The molecular weight excluding hydrogens is 204 g/mol. The van der Waals surface area contributed by atoms with Crippen molar-refractivity contribution in [1.29, 1.82) is 0 Å². The number of rotatable bonds is 2. The van der Waals surface area contributed by atoms with Gasteiger partial charge in [0.15, 0.2) is 0 Å². The first-order valence-electron chi connectivity index (χ1n) is 6.29. The van der Waals surface area contributed by atoms with Crippen LogP contribution >= 0.6 is 0 Å². The number of hydrogen-bond acceptors (Lipinski definition) is 0. The first-order valence-corrected chi connectivity index (χ1v) is 6.29. The summed E-state index contributed by atoms with van der Waals surface area (Å²) >= 11 is 0. The molecule has 3 aromatic carbocycles. The van der Waals surface area contributed by atoms with E-state index in [2.05, 4.69) is 61.5 Å². The van der Waals surface area contributed by atoms with Crippen LogP contribution in [0.3, 0.4) is 0 Å². The van der Waals surface area contributed by atoms with Crippen molar-refractivity contribution in [2.75, 3.05) is 0 Å². The molecule has 0 atom stereocenters. The highest BCUT2D eigenvalue weighted by atomic mass is 14.0. The van der Waals surface area contributed by atoms with Crippen LogP contribution in [0, 0.1) is 0 Å². The Balaban J connectivity index is 2.34. The van der Waals surface area contributed by atoms with E-state index in [0.717, 1.165) is 0 Å². The van der Waals surface area contributed by atoms with Gasteiger partial charge in [0.25, 0.3) is 0 Å². The molecule has 0 aliphatic carbocycles. The van der Waals surface area contributed by atoms with Gasteiger partial charge < -0.3 is 0 Å². The largest absolute Gasteiger partial charge is 0.0651 e. The Labute approximate surface area is 102 Å². The summed E-state index contributed by atoms with van der Waals surface area (Å²) in [5.74, 6) is 0. The van der Waals surface area contributed by atoms with E-state index < -0.39 is 0 Å². The van der Waals surface area contributed by atoms with Gasteiger partial charge in [-0.15, -0.1) is 0 Å². The first-order chi connectivity index (χ1) is 8.38. The Morgan fingerprint density at radius 1 is 0.765 bits per heavy atom. The summed E-state index contributed by atoms with van der Waals surface area (Å²) in [5.41, 5.74) is 1.44. The quantitative estimate of drug-likeness (QED) is 0.536. The lowest BCUT2D eigenvalue weighted by Gasteiger charge is -2.06. The minimum atomic E-state index is 1.17.